The highest BCUT2D eigenvalue weighted by atomic mass is 32.1. The number of benzene rings is 2. The highest BCUT2D eigenvalue weighted by Crippen LogP contribution is 2.44. The summed E-state index contributed by atoms with van der Waals surface area (Å²) in [4.78, 5) is 28.9. The van der Waals surface area contributed by atoms with Crippen molar-refractivity contribution < 1.29 is 41.4 Å². The lowest BCUT2D eigenvalue weighted by atomic mass is 10.0. The van der Waals surface area contributed by atoms with Crippen molar-refractivity contribution in [3.63, 3.8) is 0 Å². The maximum atomic E-state index is 13.7. The molecule has 5 aromatic rings. The van der Waals surface area contributed by atoms with Gasteiger partial charge in [-0.15, -0.1) is 11.3 Å². The van der Waals surface area contributed by atoms with E-state index in [2.05, 4.69) is 15.4 Å². The van der Waals surface area contributed by atoms with Gasteiger partial charge in [-0.2, -0.15) is 18.3 Å². The van der Waals surface area contributed by atoms with Crippen LogP contribution >= 0.6 is 11.3 Å². The van der Waals surface area contributed by atoms with Crippen LogP contribution in [-0.4, -0.2) is 40.8 Å². The van der Waals surface area contributed by atoms with E-state index < -0.39 is 29.5 Å². The monoisotopic (exact) mass is 615 g/mol. The number of amides is 2. The molecule has 0 spiro atoms. The molecule has 0 unspecified atom stereocenters. The third-order valence-corrected chi connectivity index (χ3v) is 7.27. The Bertz CT molecular complexity index is 1810. The average Bonchev–Trinajstić information content (AvgIpc) is 3.60. The fraction of sp³-hybridized carbons (Fsp3) is 0.143. The zero-order valence-corrected chi connectivity index (χ0v) is 23.2. The molecule has 0 aliphatic carbocycles. The van der Waals surface area contributed by atoms with Gasteiger partial charge in [0.1, 0.15) is 21.2 Å². The zero-order valence-electron chi connectivity index (χ0n) is 22.4. The Hall–Kier alpha value is -5.18. The van der Waals surface area contributed by atoms with Crippen molar-refractivity contribution in [3.8, 4) is 28.4 Å². The quantitative estimate of drug-likeness (QED) is 0.203. The van der Waals surface area contributed by atoms with Crippen LogP contribution in [0.4, 0.5) is 23.2 Å². The molecule has 2 aromatic carbocycles. The first kappa shape index (κ1) is 29.3. The van der Waals surface area contributed by atoms with Crippen LogP contribution in [0.25, 0.3) is 21.3 Å². The third kappa shape index (κ3) is 5.92. The summed E-state index contributed by atoms with van der Waals surface area (Å²) in [6, 6.07) is 11.9. The van der Waals surface area contributed by atoms with Crippen LogP contribution in [0.2, 0.25) is 0 Å². The molecule has 43 heavy (non-hydrogen) atoms. The Balaban J connectivity index is 1.50. The van der Waals surface area contributed by atoms with Crippen molar-refractivity contribution in [2.24, 2.45) is 5.73 Å². The normalized spacial score (nSPS) is 11.4. The Morgan fingerprint density at radius 3 is 2.33 bits per heavy atom. The lowest BCUT2D eigenvalue weighted by Gasteiger charge is -2.14. The summed E-state index contributed by atoms with van der Waals surface area (Å²) >= 11 is 0.586. The fourth-order valence-corrected chi connectivity index (χ4v) is 5.22. The van der Waals surface area contributed by atoms with E-state index in [-0.39, 0.29) is 44.3 Å². The van der Waals surface area contributed by atoms with E-state index in [1.165, 1.54) is 43.3 Å². The van der Waals surface area contributed by atoms with Gasteiger partial charge in [0.2, 0.25) is 5.75 Å². The Labute approximate surface area is 244 Å². The summed E-state index contributed by atoms with van der Waals surface area (Å²) in [5.41, 5.74) is 4.20. The van der Waals surface area contributed by atoms with Gasteiger partial charge in [-0.25, -0.2) is 14.1 Å². The van der Waals surface area contributed by atoms with Crippen LogP contribution < -0.4 is 25.3 Å². The van der Waals surface area contributed by atoms with Gasteiger partial charge in [0.05, 0.1) is 19.9 Å². The lowest BCUT2D eigenvalue weighted by Crippen LogP contribution is -2.18. The number of nitrogens with zero attached hydrogens (tertiary/aromatic N) is 3. The Kier molecular flexibility index (Phi) is 7.91. The Morgan fingerprint density at radius 2 is 1.72 bits per heavy atom. The van der Waals surface area contributed by atoms with Crippen molar-refractivity contribution in [1.82, 2.24) is 14.8 Å². The second kappa shape index (κ2) is 11.6. The SMILES string of the molecule is COc1cccc(OC)c1OCn1ccc(C(=O)Nc2c(C(N)=O)sc3nc(C(F)(F)F)cc(-c4ccc(F)cc4)c23)n1. The number of carbonyl (C=O) groups excluding carboxylic acids is 2. The second-order valence-corrected chi connectivity index (χ2v) is 9.87. The number of para-hydroxylation sites is 1. The van der Waals surface area contributed by atoms with Gasteiger partial charge < -0.3 is 25.3 Å². The first-order valence-electron chi connectivity index (χ1n) is 12.3. The first-order valence-corrected chi connectivity index (χ1v) is 13.1. The standard InChI is InChI=1S/C28H21F4N5O5S/c1-40-18-4-3-5-19(41-2)23(18)42-13-37-11-10-17(36-37)26(39)35-22-21-16(14-6-8-15(29)9-7-14)12-20(28(30,31)32)34-27(21)43-24(22)25(33)38/h3-12H,13H2,1-2H3,(H2,33,38)(H,35,39). The number of thiophene rings is 1. The molecule has 222 valence electrons. The molecule has 3 heterocycles. The maximum Gasteiger partial charge on any atom is 0.433 e. The molecular formula is C28H21F4N5O5S. The number of carbonyl (C=O) groups is 2. The van der Waals surface area contributed by atoms with Crippen LogP contribution in [0.5, 0.6) is 17.2 Å². The van der Waals surface area contributed by atoms with Crippen molar-refractivity contribution in [2.75, 3.05) is 19.5 Å². The minimum Gasteiger partial charge on any atom is -0.493 e. The topological polar surface area (TPSA) is 131 Å². The molecule has 3 aromatic heterocycles. The molecule has 0 saturated carbocycles. The summed E-state index contributed by atoms with van der Waals surface area (Å²) in [7, 11) is 2.93. The first-order chi connectivity index (χ1) is 20.5. The van der Waals surface area contributed by atoms with Crippen molar-refractivity contribution in [1.29, 1.82) is 0 Å². The second-order valence-electron chi connectivity index (χ2n) is 8.87. The number of pyridine rings is 1. The highest BCUT2D eigenvalue weighted by Gasteiger charge is 2.35. The number of primary amides is 1. The molecule has 0 aliphatic rings. The summed E-state index contributed by atoms with van der Waals surface area (Å²) in [6.07, 6.45) is -3.37. The molecule has 3 N–H and O–H groups in total. The Morgan fingerprint density at radius 1 is 1.05 bits per heavy atom. The minimum absolute atomic E-state index is 0.0257. The van der Waals surface area contributed by atoms with Gasteiger partial charge in [-0.1, -0.05) is 18.2 Å². The van der Waals surface area contributed by atoms with E-state index in [0.29, 0.717) is 28.6 Å². The van der Waals surface area contributed by atoms with Crippen molar-refractivity contribution in [2.45, 2.75) is 12.9 Å². The summed E-state index contributed by atoms with van der Waals surface area (Å²) in [5.74, 6) is -1.27. The van der Waals surface area contributed by atoms with Crippen LogP contribution in [0.1, 0.15) is 25.9 Å². The highest BCUT2D eigenvalue weighted by molar-refractivity contribution is 7.21. The van der Waals surface area contributed by atoms with Gasteiger partial charge in [0.25, 0.3) is 11.8 Å². The molecule has 5 rings (SSSR count). The fourth-order valence-electron chi connectivity index (χ4n) is 4.22. The van der Waals surface area contributed by atoms with Gasteiger partial charge in [-0.05, 0) is 47.5 Å². The van der Waals surface area contributed by atoms with E-state index in [1.807, 2.05) is 0 Å². The number of rotatable bonds is 9. The van der Waals surface area contributed by atoms with Crippen molar-refractivity contribution >= 4 is 39.1 Å². The zero-order chi connectivity index (χ0) is 30.9. The number of hydrogen-bond donors (Lipinski definition) is 2. The van der Waals surface area contributed by atoms with E-state index in [1.54, 1.807) is 18.2 Å². The number of methoxy groups -OCH3 is 2. The molecular weight excluding hydrogens is 594 g/mol. The van der Waals surface area contributed by atoms with E-state index in [0.717, 1.165) is 18.2 Å². The third-order valence-electron chi connectivity index (χ3n) is 6.17. The number of fused-ring (bicyclic) bond motifs is 1. The van der Waals surface area contributed by atoms with Crippen LogP contribution in [0.3, 0.4) is 0 Å². The van der Waals surface area contributed by atoms with Crippen LogP contribution in [0, 0.1) is 5.82 Å². The number of halogens is 4. The largest absolute Gasteiger partial charge is 0.493 e. The molecule has 15 heteroatoms. The van der Waals surface area contributed by atoms with Gasteiger partial charge in [-0.3, -0.25) is 9.59 Å². The average molecular weight is 616 g/mol. The number of alkyl halides is 3. The van der Waals surface area contributed by atoms with Gasteiger partial charge in [0.15, 0.2) is 23.9 Å². The molecule has 2 amide bonds. The lowest BCUT2D eigenvalue weighted by molar-refractivity contribution is -0.140. The van der Waals surface area contributed by atoms with Crippen LogP contribution in [0.15, 0.2) is 60.8 Å². The molecule has 0 bridgehead atoms. The summed E-state index contributed by atoms with van der Waals surface area (Å²) in [6.45, 7) is -0.142. The number of ether oxygens (including phenoxy) is 3. The van der Waals surface area contributed by atoms with Gasteiger partial charge in [0, 0.05) is 11.6 Å². The number of aromatic nitrogens is 3. The van der Waals surface area contributed by atoms with Gasteiger partial charge >= 0.3 is 6.18 Å². The van der Waals surface area contributed by atoms with Crippen molar-refractivity contribution in [3.05, 3.63) is 82.9 Å². The van der Waals surface area contributed by atoms with E-state index in [9.17, 15) is 27.2 Å². The molecule has 0 fully saturated rings. The summed E-state index contributed by atoms with van der Waals surface area (Å²) < 4.78 is 72.5. The predicted molar refractivity (Wildman–Crippen MR) is 149 cm³/mol. The number of nitrogens with two attached hydrogens (primary N) is 1. The maximum absolute atomic E-state index is 13.7. The number of nitrogens with one attached hydrogen (secondary N) is 1. The number of anilines is 1. The molecule has 0 saturated heterocycles. The summed E-state index contributed by atoms with van der Waals surface area (Å²) in [5, 5.41) is 6.77. The molecule has 10 nitrogen and oxygen atoms in total. The predicted octanol–water partition coefficient (Wildman–Crippen LogP) is 5.72. The molecule has 0 radical (unpaired) electrons. The smallest absolute Gasteiger partial charge is 0.433 e. The van der Waals surface area contributed by atoms with Crippen LogP contribution in [-0.2, 0) is 12.9 Å². The minimum atomic E-state index is -4.83. The molecule has 0 atom stereocenters. The number of hydrogen-bond acceptors (Lipinski definition) is 8. The van der Waals surface area contributed by atoms with E-state index >= 15 is 0 Å². The molecule has 0 aliphatic heterocycles. The van der Waals surface area contributed by atoms with E-state index in [4.69, 9.17) is 19.9 Å².